The molecule has 0 saturated heterocycles. The van der Waals surface area contributed by atoms with Crippen molar-refractivity contribution in [3.63, 3.8) is 0 Å². The van der Waals surface area contributed by atoms with Gasteiger partial charge in [-0.05, 0) is 36.8 Å². The van der Waals surface area contributed by atoms with Gasteiger partial charge in [-0.3, -0.25) is 4.90 Å². The molecule has 0 aliphatic carbocycles. The van der Waals surface area contributed by atoms with Crippen molar-refractivity contribution < 1.29 is 28.5 Å². The molecule has 2 amide bonds. The number of rotatable bonds is 6. The van der Waals surface area contributed by atoms with Crippen molar-refractivity contribution in [1.82, 2.24) is 5.32 Å². The third kappa shape index (κ3) is 4.17. The van der Waals surface area contributed by atoms with Gasteiger partial charge in [0.2, 0.25) is 6.79 Å². The number of hydrogen-bond acceptors (Lipinski definition) is 6. The zero-order valence-corrected chi connectivity index (χ0v) is 17.8. The molecule has 2 aromatic rings. The van der Waals surface area contributed by atoms with E-state index in [9.17, 15) is 9.59 Å². The summed E-state index contributed by atoms with van der Waals surface area (Å²) in [7, 11) is 1.52. The minimum absolute atomic E-state index is 0.0947. The maximum Gasteiger partial charge on any atom is 0.338 e. The van der Waals surface area contributed by atoms with E-state index in [1.807, 2.05) is 0 Å². The van der Waals surface area contributed by atoms with E-state index in [0.717, 1.165) is 0 Å². The quantitative estimate of drug-likeness (QED) is 0.538. The number of amides is 2. The molecular weight excluding hydrogens is 424 g/mol. The average Bonchev–Trinajstić information content (AvgIpc) is 3.22. The van der Waals surface area contributed by atoms with Crippen LogP contribution in [-0.4, -0.2) is 39.1 Å². The van der Waals surface area contributed by atoms with Crippen LogP contribution < -0.4 is 19.7 Å². The van der Waals surface area contributed by atoms with E-state index in [1.54, 1.807) is 49.4 Å². The Bertz CT molecular complexity index is 1040. The van der Waals surface area contributed by atoms with Crippen LogP contribution in [0.5, 0.6) is 11.5 Å². The molecule has 8 nitrogen and oxygen atoms in total. The average molecular weight is 445 g/mol. The molecule has 2 aliphatic rings. The molecule has 0 spiro atoms. The van der Waals surface area contributed by atoms with Gasteiger partial charge in [0.05, 0.1) is 23.9 Å². The lowest BCUT2D eigenvalue weighted by molar-refractivity contribution is -0.140. The molecule has 0 bridgehead atoms. The lowest BCUT2D eigenvalue weighted by atomic mass is 9.94. The van der Waals surface area contributed by atoms with Crippen molar-refractivity contribution in [3.8, 4) is 11.5 Å². The highest BCUT2D eigenvalue weighted by Gasteiger charge is 2.37. The third-order valence-electron chi connectivity index (χ3n) is 5.04. The van der Waals surface area contributed by atoms with Crippen LogP contribution in [0, 0.1) is 0 Å². The molecule has 2 aliphatic heterocycles. The molecule has 0 radical (unpaired) electrons. The number of nitrogens with one attached hydrogen (secondary N) is 1. The molecule has 2 heterocycles. The van der Waals surface area contributed by atoms with Crippen molar-refractivity contribution in [2.24, 2.45) is 0 Å². The maximum absolute atomic E-state index is 13.1. The summed E-state index contributed by atoms with van der Waals surface area (Å²) in [5.74, 6) is 0.587. The maximum atomic E-state index is 13.1. The Balaban J connectivity index is 1.75. The Morgan fingerprint density at radius 1 is 1.16 bits per heavy atom. The minimum Gasteiger partial charge on any atom is -0.460 e. The van der Waals surface area contributed by atoms with E-state index in [0.29, 0.717) is 39.0 Å². The summed E-state index contributed by atoms with van der Waals surface area (Å²) >= 11 is 6.01. The predicted molar refractivity (Wildman–Crippen MR) is 113 cm³/mol. The number of nitrogens with zero attached hydrogens (tertiary/aromatic N) is 1. The van der Waals surface area contributed by atoms with E-state index in [4.69, 9.17) is 30.5 Å². The lowest BCUT2D eigenvalue weighted by Crippen LogP contribution is -2.48. The number of urea groups is 1. The zero-order valence-electron chi connectivity index (χ0n) is 17.0. The van der Waals surface area contributed by atoms with Crippen LogP contribution in [0.4, 0.5) is 10.5 Å². The molecular formula is C22H21ClN2O6. The second-order valence-electron chi connectivity index (χ2n) is 6.93. The zero-order chi connectivity index (χ0) is 22.0. The van der Waals surface area contributed by atoms with Crippen molar-refractivity contribution in [3.05, 3.63) is 64.3 Å². The van der Waals surface area contributed by atoms with E-state index in [-0.39, 0.29) is 26.0 Å². The van der Waals surface area contributed by atoms with Gasteiger partial charge in [-0.25, -0.2) is 9.59 Å². The Hall–Kier alpha value is -3.23. The normalized spacial score (nSPS) is 17.6. The number of anilines is 1. The highest BCUT2D eigenvalue weighted by atomic mass is 35.5. The van der Waals surface area contributed by atoms with Crippen molar-refractivity contribution in [2.75, 3.05) is 32.0 Å². The number of hydrogen-bond donors (Lipinski definition) is 1. The Labute approximate surface area is 184 Å². The van der Waals surface area contributed by atoms with Crippen molar-refractivity contribution in [1.29, 1.82) is 0 Å². The first kappa shape index (κ1) is 21.0. The monoisotopic (exact) mass is 444 g/mol. The first-order valence-electron chi connectivity index (χ1n) is 9.62. The summed E-state index contributed by atoms with van der Waals surface area (Å²) in [6, 6.07) is 11.0. The topological polar surface area (TPSA) is 86.3 Å². The minimum atomic E-state index is -0.690. The third-order valence-corrected chi connectivity index (χ3v) is 5.29. The van der Waals surface area contributed by atoms with Gasteiger partial charge in [0, 0.05) is 23.9 Å². The lowest BCUT2D eigenvalue weighted by Gasteiger charge is -2.35. The van der Waals surface area contributed by atoms with Crippen LogP contribution >= 0.6 is 11.6 Å². The molecule has 162 valence electrons. The fourth-order valence-corrected chi connectivity index (χ4v) is 3.67. The molecule has 0 saturated carbocycles. The van der Waals surface area contributed by atoms with Gasteiger partial charge in [0.15, 0.2) is 11.5 Å². The molecule has 0 aromatic heterocycles. The van der Waals surface area contributed by atoms with Gasteiger partial charge < -0.3 is 24.3 Å². The first-order chi connectivity index (χ1) is 15.0. The Kier molecular flexibility index (Phi) is 6.01. The standard InChI is InChI=1S/C22H21ClN2O6/c1-13-19(21(26)29-10-9-28-2)20(14-3-5-15(23)6-4-14)24-22(27)25(13)16-7-8-17-18(11-16)31-12-30-17/h3-8,11,20H,9-10,12H2,1-2H3,(H,24,27). The number of fused-ring (bicyclic) bond motifs is 1. The number of esters is 1. The van der Waals surface area contributed by atoms with Crippen LogP contribution in [0.1, 0.15) is 18.5 Å². The highest BCUT2D eigenvalue weighted by Crippen LogP contribution is 2.39. The Morgan fingerprint density at radius 2 is 1.90 bits per heavy atom. The fraction of sp³-hybridized carbons (Fsp3) is 0.273. The largest absolute Gasteiger partial charge is 0.460 e. The summed E-state index contributed by atoms with van der Waals surface area (Å²) in [5.41, 5.74) is 2.01. The first-order valence-corrected chi connectivity index (χ1v) is 10.00. The highest BCUT2D eigenvalue weighted by molar-refractivity contribution is 6.30. The van der Waals surface area contributed by atoms with Gasteiger partial charge in [-0.15, -0.1) is 0 Å². The second kappa shape index (κ2) is 8.87. The fourth-order valence-electron chi connectivity index (χ4n) is 3.54. The molecule has 31 heavy (non-hydrogen) atoms. The van der Waals surface area contributed by atoms with Crippen LogP contribution in [0.15, 0.2) is 53.7 Å². The summed E-state index contributed by atoms with van der Waals surface area (Å²) < 4.78 is 21.1. The summed E-state index contributed by atoms with van der Waals surface area (Å²) in [6.45, 7) is 2.19. The second-order valence-corrected chi connectivity index (χ2v) is 7.37. The van der Waals surface area contributed by atoms with E-state index in [1.165, 1.54) is 12.0 Å². The smallest absolute Gasteiger partial charge is 0.338 e. The summed E-state index contributed by atoms with van der Waals surface area (Å²) in [6.07, 6.45) is 0. The SMILES string of the molecule is COCCOC(=O)C1=C(C)N(c2ccc3c(c2)OCO3)C(=O)NC1c1ccc(Cl)cc1. The van der Waals surface area contributed by atoms with Gasteiger partial charge in [0.1, 0.15) is 6.61 Å². The van der Waals surface area contributed by atoms with E-state index < -0.39 is 12.0 Å². The van der Waals surface area contributed by atoms with Gasteiger partial charge in [-0.1, -0.05) is 23.7 Å². The van der Waals surface area contributed by atoms with Crippen LogP contribution in [0.25, 0.3) is 0 Å². The van der Waals surface area contributed by atoms with Crippen LogP contribution in [0.2, 0.25) is 5.02 Å². The van der Waals surface area contributed by atoms with Crippen LogP contribution in [-0.2, 0) is 14.3 Å². The number of carbonyl (C=O) groups is 2. The molecule has 0 fully saturated rings. The molecule has 1 N–H and O–H groups in total. The van der Waals surface area contributed by atoms with Crippen molar-refractivity contribution in [2.45, 2.75) is 13.0 Å². The summed E-state index contributed by atoms with van der Waals surface area (Å²) in [4.78, 5) is 27.5. The molecule has 2 aromatic carbocycles. The number of allylic oxidation sites excluding steroid dienone is 1. The van der Waals surface area contributed by atoms with Gasteiger partial charge >= 0.3 is 12.0 Å². The number of halogens is 1. The number of carbonyl (C=O) groups excluding carboxylic acids is 2. The van der Waals surface area contributed by atoms with E-state index >= 15 is 0 Å². The number of methoxy groups -OCH3 is 1. The molecule has 9 heteroatoms. The van der Waals surface area contributed by atoms with E-state index in [2.05, 4.69) is 5.32 Å². The number of benzene rings is 2. The summed E-state index contributed by atoms with van der Waals surface area (Å²) in [5, 5.41) is 3.46. The van der Waals surface area contributed by atoms with Gasteiger partial charge in [0.25, 0.3) is 0 Å². The molecule has 1 atom stereocenters. The van der Waals surface area contributed by atoms with Crippen molar-refractivity contribution >= 4 is 29.3 Å². The van der Waals surface area contributed by atoms with Crippen LogP contribution in [0.3, 0.4) is 0 Å². The van der Waals surface area contributed by atoms with Gasteiger partial charge in [-0.2, -0.15) is 0 Å². The predicted octanol–water partition coefficient (Wildman–Crippen LogP) is 3.80. The number of ether oxygens (including phenoxy) is 4. The molecule has 1 unspecified atom stereocenters. The Morgan fingerprint density at radius 3 is 2.65 bits per heavy atom. The molecule has 4 rings (SSSR count).